The van der Waals surface area contributed by atoms with Crippen molar-refractivity contribution in [2.24, 2.45) is 0 Å². The third kappa shape index (κ3) is 8.83. The third-order valence-electron chi connectivity index (χ3n) is 9.08. The van der Waals surface area contributed by atoms with Crippen LogP contribution in [0, 0.1) is 0 Å². The first-order chi connectivity index (χ1) is 23.7. The molecule has 8 nitrogen and oxygen atoms in total. The second-order valence-corrected chi connectivity index (χ2v) is 13.9. The Labute approximate surface area is 289 Å². The minimum atomic E-state index is -0.613. The van der Waals surface area contributed by atoms with Crippen molar-refractivity contribution in [2.75, 3.05) is 13.1 Å². The number of aliphatic hydroxyl groups is 1. The minimum absolute atomic E-state index is 0.0178. The minimum Gasteiger partial charge on any atom is -0.459 e. The van der Waals surface area contributed by atoms with Gasteiger partial charge in [-0.3, -0.25) is 14.5 Å². The van der Waals surface area contributed by atoms with Gasteiger partial charge in [0.05, 0.1) is 18.8 Å². The van der Waals surface area contributed by atoms with Crippen LogP contribution >= 0.6 is 0 Å². The highest BCUT2D eigenvalue weighted by molar-refractivity contribution is 5.94. The summed E-state index contributed by atoms with van der Waals surface area (Å²) in [6.07, 6.45) is 1.31. The van der Waals surface area contributed by atoms with Crippen LogP contribution in [0.3, 0.4) is 0 Å². The molecule has 4 aromatic carbocycles. The van der Waals surface area contributed by atoms with E-state index in [1.165, 1.54) is 0 Å². The van der Waals surface area contributed by atoms with Crippen LogP contribution in [0.2, 0.25) is 0 Å². The van der Waals surface area contributed by atoms with Crippen molar-refractivity contribution in [2.45, 2.75) is 83.3 Å². The summed E-state index contributed by atoms with van der Waals surface area (Å²) in [5, 5.41) is 12.6. The summed E-state index contributed by atoms with van der Waals surface area (Å²) in [6.45, 7) is 7.49. The first kappa shape index (κ1) is 34.5. The van der Waals surface area contributed by atoms with Crippen molar-refractivity contribution in [3.05, 3.63) is 131 Å². The van der Waals surface area contributed by atoms with Crippen molar-refractivity contribution in [1.82, 2.24) is 10.2 Å². The number of rotatable bonds is 10. The van der Waals surface area contributed by atoms with Gasteiger partial charge in [0.15, 0.2) is 6.29 Å². The molecule has 0 radical (unpaired) electrons. The molecule has 0 aliphatic carbocycles. The SMILES string of the molecule is CC(C)(C)OC(=O)[C@@H]1CCCN1C[C@@H]1C[C@H](c2ccc(CO)cc2)O[C@H](c2ccc(-c3ccccc3CNC(=O)c3ccccc3)cc2)O1. The topological polar surface area (TPSA) is 97.3 Å². The van der Waals surface area contributed by atoms with Crippen molar-refractivity contribution >= 4 is 11.9 Å². The summed E-state index contributed by atoms with van der Waals surface area (Å²) in [6, 6.07) is 33.0. The molecule has 0 spiro atoms. The zero-order valence-corrected chi connectivity index (χ0v) is 28.5. The molecule has 2 N–H and O–H groups in total. The summed E-state index contributed by atoms with van der Waals surface area (Å²) in [5.74, 6) is -0.293. The van der Waals surface area contributed by atoms with Crippen molar-refractivity contribution < 1.29 is 28.9 Å². The zero-order chi connectivity index (χ0) is 34.4. The number of hydrogen-bond donors (Lipinski definition) is 2. The van der Waals surface area contributed by atoms with E-state index in [9.17, 15) is 14.7 Å². The molecule has 4 aromatic rings. The van der Waals surface area contributed by atoms with Crippen LogP contribution in [0.15, 0.2) is 103 Å². The van der Waals surface area contributed by atoms with E-state index in [1.54, 1.807) is 12.1 Å². The summed E-state index contributed by atoms with van der Waals surface area (Å²) < 4.78 is 19.0. The van der Waals surface area contributed by atoms with Gasteiger partial charge in [-0.25, -0.2) is 0 Å². The first-order valence-electron chi connectivity index (χ1n) is 17.2. The van der Waals surface area contributed by atoms with E-state index in [0.29, 0.717) is 25.1 Å². The number of esters is 1. The van der Waals surface area contributed by atoms with Crippen LogP contribution < -0.4 is 5.32 Å². The standard InChI is InChI=1S/C41H46N2O6/c1-41(2,3)49-39(46)36-14-9-23-43(36)26-34-24-37(30-17-15-28(27-44)16-18-30)48-40(47-34)32-21-19-29(20-22-32)35-13-8-7-12-33(35)25-42-38(45)31-10-5-4-6-11-31/h4-8,10-13,15-22,34,36-37,40,44H,9,14,23-27H2,1-3H3,(H,42,45)/t34-,36-,37+,40+/m0/s1. The number of hydrogen-bond acceptors (Lipinski definition) is 7. The summed E-state index contributed by atoms with van der Waals surface area (Å²) in [5.41, 5.74) is 5.92. The molecular weight excluding hydrogens is 616 g/mol. The molecule has 1 amide bonds. The maximum Gasteiger partial charge on any atom is 0.323 e. The smallest absolute Gasteiger partial charge is 0.323 e. The van der Waals surface area contributed by atoms with Crippen molar-refractivity contribution in [3.63, 3.8) is 0 Å². The van der Waals surface area contributed by atoms with Gasteiger partial charge in [0.25, 0.3) is 5.91 Å². The van der Waals surface area contributed by atoms with Crippen LogP contribution in [-0.4, -0.2) is 52.7 Å². The highest BCUT2D eigenvalue weighted by atomic mass is 16.7. The Bertz CT molecular complexity index is 1700. The fraction of sp³-hybridized carbons (Fsp3) is 0.366. The fourth-order valence-corrected chi connectivity index (χ4v) is 6.62. The van der Waals surface area contributed by atoms with Crippen molar-refractivity contribution in [1.29, 1.82) is 0 Å². The number of likely N-dealkylation sites (tertiary alicyclic amines) is 1. The lowest BCUT2D eigenvalue weighted by atomic mass is 9.97. The lowest BCUT2D eigenvalue weighted by Crippen LogP contribution is -2.45. The quantitative estimate of drug-likeness (QED) is 0.175. The van der Waals surface area contributed by atoms with Gasteiger partial charge in [-0.2, -0.15) is 0 Å². The van der Waals surface area contributed by atoms with E-state index in [-0.39, 0.29) is 36.7 Å². The van der Waals surface area contributed by atoms with Gasteiger partial charge in [-0.1, -0.05) is 91.0 Å². The first-order valence-corrected chi connectivity index (χ1v) is 17.2. The molecule has 0 saturated carbocycles. The van der Waals surface area contributed by atoms with E-state index in [2.05, 4.69) is 28.4 Å². The molecule has 2 saturated heterocycles. The highest BCUT2D eigenvalue weighted by Gasteiger charge is 2.39. The number of benzene rings is 4. The Morgan fingerprint density at radius 2 is 1.57 bits per heavy atom. The van der Waals surface area contributed by atoms with Crippen LogP contribution in [0.25, 0.3) is 11.1 Å². The van der Waals surface area contributed by atoms with Crippen LogP contribution in [0.5, 0.6) is 0 Å². The molecule has 2 aliphatic rings. The molecule has 8 heteroatoms. The van der Waals surface area contributed by atoms with Gasteiger partial charge in [0, 0.05) is 30.6 Å². The molecule has 0 unspecified atom stereocenters. The Hall–Kier alpha value is -4.34. The molecule has 0 bridgehead atoms. The predicted molar refractivity (Wildman–Crippen MR) is 188 cm³/mol. The Morgan fingerprint density at radius 3 is 2.29 bits per heavy atom. The Morgan fingerprint density at radius 1 is 0.878 bits per heavy atom. The predicted octanol–water partition coefficient (Wildman–Crippen LogP) is 7.13. The Balaban J connectivity index is 1.19. The normalized spacial score (nSPS) is 21.3. The second kappa shape index (κ2) is 15.5. The average molecular weight is 663 g/mol. The molecule has 2 aliphatic heterocycles. The summed E-state index contributed by atoms with van der Waals surface area (Å²) in [4.78, 5) is 28.0. The van der Waals surface area contributed by atoms with E-state index in [4.69, 9.17) is 14.2 Å². The van der Waals surface area contributed by atoms with E-state index in [0.717, 1.165) is 52.8 Å². The molecule has 2 fully saturated rings. The van der Waals surface area contributed by atoms with Crippen LogP contribution in [0.4, 0.5) is 0 Å². The number of ether oxygens (including phenoxy) is 3. The average Bonchev–Trinajstić information content (AvgIpc) is 3.58. The van der Waals surface area contributed by atoms with Gasteiger partial charge in [-0.15, -0.1) is 0 Å². The highest BCUT2D eigenvalue weighted by Crippen LogP contribution is 2.39. The molecule has 2 heterocycles. The molecule has 0 aromatic heterocycles. The fourth-order valence-electron chi connectivity index (χ4n) is 6.62. The zero-order valence-electron chi connectivity index (χ0n) is 28.5. The van der Waals surface area contributed by atoms with Crippen LogP contribution in [0.1, 0.15) is 85.0 Å². The van der Waals surface area contributed by atoms with Crippen molar-refractivity contribution in [3.8, 4) is 11.1 Å². The van der Waals surface area contributed by atoms with Gasteiger partial charge >= 0.3 is 5.97 Å². The maximum atomic E-state index is 13.1. The lowest BCUT2D eigenvalue weighted by Gasteiger charge is -2.38. The number of aliphatic hydroxyl groups excluding tert-OH is 1. The molecule has 256 valence electrons. The summed E-state index contributed by atoms with van der Waals surface area (Å²) in [7, 11) is 0. The van der Waals surface area contributed by atoms with E-state index < -0.39 is 11.9 Å². The van der Waals surface area contributed by atoms with Gasteiger partial charge < -0.3 is 24.6 Å². The van der Waals surface area contributed by atoms with E-state index >= 15 is 0 Å². The number of carbonyl (C=O) groups is 2. The lowest BCUT2D eigenvalue weighted by molar-refractivity contribution is -0.253. The maximum absolute atomic E-state index is 13.1. The van der Waals surface area contributed by atoms with Crippen LogP contribution in [-0.2, 0) is 32.2 Å². The number of amides is 1. The Kier molecular flexibility index (Phi) is 10.9. The molecule has 49 heavy (non-hydrogen) atoms. The van der Waals surface area contributed by atoms with Gasteiger partial charge in [0.1, 0.15) is 11.6 Å². The second-order valence-electron chi connectivity index (χ2n) is 13.9. The van der Waals surface area contributed by atoms with E-state index in [1.807, 2.05) is 93.6 Å². The molecule has 4 atom stereocenters. The number of nitrogens with zero attached hydrogens (tertiary/aromatic N) is 1. The third-order valence-corrected chi connectivity index (χ3v) is 9.08. The monoisotopic (exact) mass is 662 g/mol. The van der Waals surface area contributed by atoms with Gasteiger partial charge in [0.2, 0.25) is 0 Å². The molecular formula is C41H46N2O6. The van der Waals surface area contributed by atoms with Gasteiger partial charge in [-0.05, 0) is 80.1 Å². The number of carbonyl (C=O) groups excluding carboxylic acids is 2. The molecule has 6 rings (SSSR count). The summed E-state index contributed by atoms with van der Waals surface area (Å²) >= 11 is 0. The largest absolute Gasteiger partial charge is 0.459 e. The number of nitrogens with one attached hydrogen (secondary N) is 1.